The van der Waals surface area contributed by atoms with Gasteiger partial charge in [-0.1, -0.05) is 15.9 Å². The Balaban J connectivity index is 1.98. The van der Waals surface area contributed by atoms with Gasteiger partial charge in [0.1, 0.15) is 11.6 Å². The van der Waals surface area contributed by atoms with Gasteiger partial charge in [-0.2, -0.15) is 5.10 Å². The van der Waals surface area contributed by atoms with Crippen LogP contribution in [0.1, 0.15) is 12.5 Å². The number of rotatable bonds is 2. The minimum absolute atomic E-state index is 0.0468. The number of nitrogens with zero attached hydrogens (tertiary/aromatic N) is 2. The van der Waals surface area contributed by atoms with E-state index in [0.717, 1.165) is 0 Å². The maximum atomic E-state index is 13.4. The zero-order valence-corrected chi connectivity index (χ0v) is 13.4. The van der Waals surface area contributed by atoms with Gasteiger partial charge in [0.05, 0.1) is 23.2 Å². The molecule has 0 radical (unpaired) electrons. The summed E-state index contributed by atoms with van der Waals surface area (Å²) in [7, 11) is -3.01. The maximum Gasteiger partial charge on any atom is 0.152 e. The van der Waals surface area contributed by atoms with Gasteiger partial charge in [0.15, 0.2) is 9.84 Å². The van der Waals surface area contributed by atoms with Crippen LogP contribution in [0.25, 0.3) is 11.3 Å². The monoisotopic (exact) mass is 373 g/mol. The minimum atomic E-state index is -3.01. The molecule has 2 aromatic rings. The lowest BCUT2D eigenvalue weighted by molar-refractivity contribution is 0.508. The van der Waals surface area contributed by atoms with Gasteiger partial charge in [-0.25, -0.2) is 17.5 Å². The average Bonchev–Trinajstić information content (AvgIpc) is 2.91. The Morgan fingerprint density at radius 2 is 2.10 bits per heavy atom. The number of benzene rings is 1. The highest BCUT2D eigenvalue weighted by Crippen LogP contribution is 2.30. The molecule has 1 aliphatic rings. The maximum absolute atomic E-state index is 13.4. The summed E-state index contributed by atoms with van der Waals surface area (Å²) in [6.07, 6.45) is 0.500. The lowest BCUT2D eigenvalue weighted by atomic mass is 10.1. The molecule has 0 aliphatic carbocycles. The van der Waals surface area contributed by atoms with E-state index in [-0.39, 0.29) is 23.4 Å². The van der Waals surface area contributed by atoms with E-state index in [0.29, 0.717) is 28.0 Å². The molecule has 0 bridgehead atoms. The molecule has 2 heterocycles. The second-order valence-corrected chi connectivity index (χ2v) is 8.26. The summed E-state index contributed by atoms with van der Waals surface area (Å²) < 4.78 is 38.7. The minimum Gasteiger partial charge on any atom is -0.384 e. The first-order valence-electron chi connectivity index (χ1n) is 6.36. The van der Waals surface area contributed by atoms with E-state index in [1.807, 2.05) is 0 Å². The number of nitrogen functional groups attached to an aromatic ring is 1. The van der Waals surface area contributed by atoms with Crippen LogP contribution >= 0.6 is 15.9 Å². The van der Waals surface area contributed by atoms with Crippen LogP contribution in [0, 0.1) is 5.82 Å². The zero-order chi connectivity index (χ0) is 15.2. The molecule has 1 aromatic carbocycles. The second kappa shape index (κ2) is 5.10. The van der Waals surface area contributed by atoms with Gasteiger partial charge in [0, 0.05) is 16.1 Å². The van der Waals surface area contributed by atoms with E-state index in [9.17, 15) is 12.8 Å². The van der Waals surface area contributed by atoms with Gasteiger partial charge in [0.25, 0.3) is 0 Å². The quantitative estimate of drug-likeness (QED) is 0.876. The van der Waals surface area contributed by atoms with Crippen molar-refractivity contribution >= 4 is 31.6 Å². The lowest BCUT2D eigenvalue weighted by Gasteiger charge is -2.10. The Kier molecular flexibility index (Phi) is 3.53. The van der Waals surface area contributed by atoms with Gasteiger partial charge < -0.3 is 5.73 Å². The van der Waals surface area contributed by atoms with Gasteiger partial charge in [0.2, 0.25) is 0 Å². The fraction of sp³-hybridized carbons (Fsp3) is 0.308. The van der Waals surface area contributed by atoms with E-state index in [1.54, 1.807) is 12.1 Å². The molecule has 0 amide bonds. The summed E-state index contributed by atoms with van der Waals surface area (Å²) in [6, 6.07) is 5.84. The molecule has 1 fully saturated rings. The molecule has 3 rings (SSSR count). The molecule has 1 aliphatic heterocycles. The van der Waals surface area contributed by atoms with Crippen LogP contribution in [0.3, 0.4) is 0 Å². The predicted octanol–water partition coefficient (Wildman–Crippen LogP) is 2.39. The van der Waals surface area contributed by atoms with Crippen molar-refractivity contribution in [3.63, 3.8) is 0 Å². The Labute approximate surface area is 130 Å². The summed E-state index contributed by atoms with van der Waals surface area (Å²) in [4.78, 5) is 0. The first kappa shape index (κ1) is 14.5. The number of halogens is 2. The highest BCUT2D eigenvalue weighted by molar-refractivity contribution is 9.10. The molecule has 2 N–H and O–H groups in total. The van der Waals surface area contributed by atoms with Crippen molar-refractivity contribution in [2.24, 2.45) is 0 Å². The van der Waals surface area contributed by atoms with Crippen molar-refractivity contribution in [3.8, 4) is 11.3 Å². The molecule has 1 unspecified atom stereocenters. The fourth-order valence-electron chi connectivity index (χ4n) is 2.51. The smallest absolute Gasteiger partial charge is 0.152 e. The number of hydrogen-bond acceptors (Lipinski definition) is 4. The molecule has 0 saturated carbocycles. The van der Waals surface area contributed by atoms with Crippen LogP contribution in [-0.4, -0.2) is 29.7 Å². The van der Waals surface area contributed by atoms with Crippen LogP contribution < -0.4 is 5.73 Å². The second-order valence-electron chi connectivity index (χ2n) is 5.11. The van der Waals surface area contributed by atoms with E-state index in [4.69, 9.17) is 5.73 Å². The van der Waals surface area contributed by atoms with Crippen molar-refractivity contribution in [2.75, 3.05) is 17.2 Å². The Bertz CT molecular complexity index is 783. The third-order valence-electron chi connectivity index (χ3n) is 3.48. The third kappa shape index (κ3) is 2.96. The molecule has 0 spiro atoms. The number of hydrogen-bond donors (Lipinski definition) is 1. The normalized spacial score (nSPS) is 20.8. The van der Waals surface area contributed by atoms with Gasteiger partial charge in [-0.15, -0.1) is 0 Å². The van der Waals surface area contributed by atoms with Crippen molar-refractivity contribution in [1.29, 1.82) is 0 Å². The summed E-state index contributed by atoms with van der Waals surface area (Å²) in [5.74, 6) is 0.201. The first-order valence-corrected chi connectivity index (χ1v) is 8.97. The third-order valence-corrected chi connectivity index (χ3v) is 5.69. The predicted molar refractivity (Wildman–Crippen MR) is 82.0 cm³/mol. The largest absolute Gasteiger partial charge is 0.384 e. The number of anilines is 1. The van der Waals surface area contributed by atoms with Crippen LogP contribution in [0.2, 0.25) is 0 Å². The molecule has 1 saturated heterocycles. The Hall–Kier alpha value is -1.41. The molecule has 112 valence electrons. The van der Waals surface area contributed by atoms with Crippen molar-refractivity contribution in [1.82, 2.24) is 9.78 Å². The van der Waals surface area contributed by atoms with Crippen LogP contribution in [0.5, 0.6) is 0 Å². The molecule has 1 aromatic heterocycles. The molecule has 1 atom stereocenters. The molecular weight excluding hydrogens is 361 g/mol. The van der Waals surface area contributed by atoms with Crippen molar-refractivity contribution in [3.05, 3.63) is 34.6 Å². The van der Waals surface area contributed by atoms with Crippen LogP contribution in [-0.2, 0) is 9.84 Å². The summed E-state index contributed by atoms with van der Waals surface area (Å²) in [5.41, 5.74) is 7.04. The SMILES string of the molecule is Nc1cc(-c2cc(F)cc(Br)c2)nn1C1CCS(=O)(=O)C1. The first-order chi connectivity index (χ1) is 9.84. The lowest BCUT2D eigenvalue weighted by Crippen LogP contribution is -2.14. The Morgan fingerprint density at radius 3 is 2.71 bits per heavy atom. The number of sulfone groups is 1. The van der Waals surface area contributed by atoms with Crippen molar-refractivity contribution in [2.45, 2.75) is 12.5 Å². The fourth-order valence-corrected chi connectivity index (χ4v) is 4.67. The topological polar surface area (TPSA) is 78.0 Å². The van der Waals surface area contributed by atoms with Crippen LogP contribution in [0.15, 0.2) is 28.7 Å². The standard InChI is InChI=1S/C13H13BrFN3O2S/c14-9-3-8(4-10(15)5-9)12-6-13(16)18(17-12)11-1-2-21(19,20)7-11/h3-6,11H,1-2,7,16H2. The summed E-state index contributed by atoms with van der Waals surface area (Å²) >= 11 is 3.23. The number of aromatic nitrogens is 2. The molecule has 5 nitrogen and oxygen atoms in total. The van der Waals surface area contributed by atoms with E-state index >= 15 is 0 Å². The summed E-state index contributed by atoms with van der Waals surface area (Å²) in [5, 5.41) is 4.35. The molecule has 8 heteroatoms. The average molecular weight is 374 g/mol. The van der Waals surface area contributed by atoms with E-state index < -0.39 is 9.84 Å². The molecule has 21 heavy (non-hydrogen) atoms. The highest BCUT2D eigenvalue weighted by Gasteiger charge is 2.31. The summed E-state index contributed by atoms with van der Waals surface area (Å²) in [6.45, 7) is 0. The van der Waals surface area contributed by atoms with Gasteiger partial charge in [-0.3, -0.25) is 0 Å². The van der Waals surface area contributed by atoms with Gasteiger partial charge in [-0.05, 0) is 24.6 Å². The van der Waals surface area contributed by atoms with E-state index in [1.165, 1.54) is 16.8 Å². The van der Waals surface area contributed by atoms with Gasteiger partial charge >= 0.3 is 0 Å². The highest BCUT2D eigenvalue weighted by atomic mass is 79.9. The molecular formula is C13H13BrFN3O2S. The zero-order valence-electron chi connectivity index (χ0n) is 11.0. The van der Waals surface area contributed by atoms with Crippen molar-refractivity contribution < 1.29 is 12.8 Å². The number of nitrogens with two attached hydrogens (primary N) is 1. The Morgan fingerprint density at radius 1 is 1.33 bits per heavy atom. The van der Waals surface area contributed by atoms with E-state index in [2.05, 4.69) is 21.0 Å². The van der Waals surface area contributed by atoms with Crippen LogP contribution in [0.4, 0.5) is 10.2 Å².